The molecule has 0 aliphatic carbocycles. The van der Waals surface area contributed by atoms with Crippen LogP contribution in [0, 0.1) is 20.8 Å². The average molecular weight is 354 g/mol. The maximum absolute atomic E-state index is 11.6. The van der Waals surface area contributed by atoms with E-state index in [2.05, 4.69) is 0 Å². The standard InChI is InChI=1S/C22H26O4/c1-14-13-20(22(25)26)18(16(3)15(14)2)11-6-4-5-9-17-10-7-8-12-19(17)21(23)24/h7-8,10,12-13H,4-6,9,11H2,1-3H3,(H,23,24)(H,25,26). The molecule has 138 valence electrons. The minimum atomic E-state index is -0.891. The largest absolute Gasteiger partial charge is 0.478 e. The van der Waals surface area contributed by atoms with E-state index in [0.29, 0.717) is 11.1 Å². The van der Waals surface area contributed by atoms with Crippen LogP contribution in [0.25, 0.3) is 0 Å². The summed E-state index contributed by atoms with van der Waals surface area (Å²) in [5.74, 6) is -1.76. The molecule has 0 fully saturated rings. The third kappa shape index (κ3) is 4.51. The number of unbranched alkanes of at least 4 members (excludes halogenated alkanes) is 2. The highest BCUT2D eigenvalue weighted by molar-refractivity contribution is 5.90. The highest BCUT2D eigenvalue weighted by Crippen LogP contribution is 2.24. The Bertz CT molecular complexity index is 821. The zero-order valence-electron chi connectivity index (χ0n) is 15.6. The van der Waals surface area contributed by atoms with E-state index in [1.54, 1.807) is 18.2 Å². The minimum absolute atomic E-state index is 0.366. The zero-order valence-corrected chi connectivity index (χ0v) is 15.6. The molecule has 0 heterocycles. The summed E-state index contributed by atoms with van der Waals surface area (Å²) >= 11 is 0. The molecule has 0 atom stereocenters. The van der Waals surface area contributed by atoms with E-state index in [4.69, 9.17) is 0 Å². The monoisotopic (exact) mass is 354 g/mol. The number of aromatic carboxylic acids is 2. The van der Waals surface area contributed by atoms with Gasteiger partial charge in [-0.25, -0.2) is 9.59 Å². The summed E-state index contributed by atoms with van der Waals surface area (Å²) in [7, 11) is 0. The van der Waals surface area contributed by atoms with E-state index < -0.39 is 11.9 Å². The molecule has 0 spiro atoms. The Morgan fingerprint density at radius 2 is 1.42 bits per heavy atom. The molecule has 0 saturated heterocycles. The summed E-state index contributed by atoms with van der Waals surface area (Å²) in [6.07, 6.45) is 4.16. The summed E-state index contributed by atoms with van der Waals surface area (Å²) in [6, 6.07) is 8.86. The molecule has 0 aliphatic heterocycles. The molecule has 0 amide bonds. The average Bonchev–Trinajstić information content (AvgIpc) is 2.60. The Kier molecular flexibility index (Phi) is 6.56. The number of hydrogen-bond donors (Lipinski definition) is 2. The fraction of sp³-hybridized carbons (Fsp3) is 0.364. The van der Waals surface area contributed by atoms with Crippen LogP contribution in [0.1, 0.15) is 67.8 Å². The highest BCUT2D eigenvalue weighted by atomic mass is 16.4. The second-order valence-electron chi connectivity index (χ2n) is 6.80. The lowest BCUT2D eigenvalue weighted by molar-refractivity contribution is 0.0684. The van der Waals surface area contributed by atoms with Gasteiger partial charge in [0.25, 0.3) is 0 Å². The predicted octanol–water partition coefficient (Wildman–Crippen LogP) is 4.96. The van der Waals surface area contributed by atoms with E-state index in [-0.39, 0.29) is 0 Å². The van der Waals surface area contributed by atoms with Crippen LogP contribution in [0.4, 0.5) is 0 Å². The SMILES string of the molecule is Cc1cc(C(=O)O)c(CCCCCc2ccccc2C(=O)O)c(C)c1C. The molecule has 0 bridgehead atoms. The van der Waals surface area contributed by atoms with Crippen LogP contribution in [-0.4, -0.2) is 22.2 Å². The third-order valence-corrected chi connectivity index (χ3v) is 5.14. The van der Waals surface area contributed by atoms with Crippen molar-refractivity contribution in [1.82, 2.24) is 0 Å². The second kappa shape index (κ2) is 8.65. The molecular weight excluding hydrogens is 328 g/mol. The first kappa shape index (κ1) is 19.7. The van der Waals surface area contributed by atoms with Crippen molar-refractivity contribution >= 4 is 11.9 Å². The Balaban J connectivity index is 1.98. The fourth-order valence-electron chi connectivity index (χ4n) is 3.39. The molecule has 0 unspecified atom stereocenters. The van der Waals surface area contributed by atoms with E-state index >= 15 is 0 Å². The summed E-state index contributed by atoms with van der Waals surface area (Å²) in [5.41, 5.74) is 5.78. The van der Waals surface area contributed by atoms with Crippen LogP contribution < -0.4 is 0 Å². The van der Waals surface area contributed by atoms with Crippen molar-refractivity contribution in [2.24, 2.45) is 0 Å². The Labute approximate surface area is 154 Å². The van der Waals surface area contributed by atoms with Gasteiger partial charge in [-0.05, 0) is 86.4 Å². The summed E-state index contributed by atoms with van der Waals surface area (Å²) in [6.45, 7) is 5.97. The lowest BCUT2D eigenvalue weighted by atomic mass is 9.90. The van der Waals surface area contributed by atoms with Crippen molar-refractivity contribution in [1.29, 1.82) is 0 Å². The molecular formula is C22H26O4. The van der Waals surface area contributed by atoms with Crippen LogP contribution in [-0.2, 0) is 12.8 Å². The van der Waals surface area contributed by atoms with Gasteiger partial charge in [0.05, 0.1) is 11.1 Å². The Morgan fingerprint density at radius 1 is 0.808 bits per heavy atom. The molecule has 4 heteroatoms. The normalized spacial score (nSPS) is 10.7. The minimum Gasteiger partial charge on any atom is -0.478 e. The first-order valence-electron chi connectivity index (χ1n) is 8.97. The van der Waals surface area contributed by atoms with Gasteiger partial charge in [0.15, 0.2) is 0 Å². The van der Waals surface area contributed by atoms with Gasteiger partial charge in [-0.3, -0.25) is 0 Å². The van der Waals surface area contributed by atoms with Crippen molar-refractivity contribution in [2.45, 2.75) is 52.9 Å². The van der Waals surface area contributed by atoms with Crippen LogP contribution in [0.3, 0.4) is 0 Å². The summed E-state index contributed by atoms with van der Waals surface area (Å²) in [4.78, 5) is 22.8. The van der Waals surface area contributed by atoms with Crippen molar-refractivity contribution in [3.8, 4) is 0 Å². The van der Waals surface area contributed by atoms with E-state index in [1.807, 2.05) is 32.9 Å². The molecule has 4 nitrogen and oxygen atoms in total. The molecule has 26 heavy (non-hydrogen) atoms. The fourth-order valence-corrected chi connectivity index (χ4v) is 3.39. The quantitative estimate of drug-likeness (QED) is 0.657. The van der Waals surface area contributed by atoms with Crippen LogP contribution >= 0.6 is 0 Å². The molecule has 2 aromatic rings. The molecule has 2 rings (SSSR count). The maximum atomic E-state index is 11.6. The smallest absolute Gasteiger partial charge is 0.335 e. The number of carboxylic acid groups (broad SMARTS) is 2. The lowest BCUT2D eigenvalue weighted by Crippen LogP contribution is -2.08. The van der Waals surface area contributed by atoms with Gasteiger partial charge in [0, 0.05) is 0 Å². The van der Waals surface area contributed by atoms with E-state index in [1.165, 1.54) is 0 Å². The van der Waals surface area contributed by atoms with Gasteiger partial charge in [-0.1, -0.05) is 24.6 Å². The van der Waals surface area contributed by atoms with E-state index in [9.17, 15) is 19.8 Å². The predicted molar refractivity (Wildman–Crippen MR) is 102 cm³/mol. The number of benzene rings is 2. The zero-order chi connectivity index (χ0) is 19.3. The Hall–Kier alpha value is -2.62. The van der Waals surface area contributed by atoms with Gasteiger partial charge in [-0.15, -0.1) is 0 Å². The highest BCUT2D eigenvalue weighted by Gasteiger charge is 2.15. The Morgan fingerprint density at radius 3 is 2.08 bits per heavy atom. The number of aryl methyl sites for hydroxylation is 2. The van der Waals surface area contributed by atoms with Gasteiger partial charge < -0.3 is 10.2 Å². The number of carbonyl (C=O) groups is 2. The van der Waals surface area contributed by atoms with Crippen molar-refractivity contribution < 1.29 is 19.8 Å². The summed E-state index contributed by atoms with van der Waals surface area (Å²) in [5, 5.41) is 18.7. The first-order valence-corrected chi connectivity index (χ1v) is 8.97. The van der Waals surface area contributed by atoms with Gasteiger partial charge in [0.1, 0.15) is 0 Å². The van der Waals surface area contributed by atoms with E-state index in [0.717, 1.165) is 59.9 Å². The molecule has 0 aliphatic rings. The first-order chi connectivity index (χ1) is 12.3. The van der Waals surface area contributed by atoms with Gasteiger partial charge >= 0.3 is 11.9 Å². The third-order valence-electron chi connectivity index (χ3n) is 5.14. The van der Waals surface area contributed by atoms with Gasteiger partial charge in [0.2, 0.25) is 0 Å². The maximum Gasteiger partial charge on any atom is 0.335 e. The number of rotatable bonds is 8. The molecule has 2 aromatic carbocycles. The van der Waals surface area contributed by atoms with Crippen molar-refractivity contribution in [3.05, 3.63) is 69.3 Å². The van der Waals surface area contributed by atoms with Crippen molar-refractivity contribution in [2.75, 3.05) is 0 Å². The summed E-state index contributed by atoms with van der Waals surface area (Å²) < 4.78 is 0. The van der Waals surface area contributed by atoms with Crippen LogP contribution in [0.15, 0.2) is 30.3 Å². The molecule has 2 N–H and O–H groups in total. The topological polar surface area (TPSA) is 74.6 Å². The van der Waals surface area contributed by atoms with Crippen molar-refractivity contribution in [3.63, 3.8) is 0 Å². The second-order valence-corrected chi connectivity index (χ2v) is 6.80. The number of carboxylic acids is 2. The lowest BCUT2D eigenvalue weighted by Gasteiger charge is -2.15. The number of hydrogen-bond acceptors (Lipinski definition) is 2. The van der Waals surface area contributed by atoms with Crippen LogP contribution in [0.5, 0.6) is 0 Å². The molecule has 0 radical (unpaired) electrons. The molecule has 0 aromatic heterocycles. The van der Waals surface area contributed by atoms with Crippen LogP contribution in [0.2, 0.25) is 0 Å². The molecule has 0 saturated carbocycles. The van der Waals surface area contributed by atoms with Gasteiger partial charge in [-0.2, -0.15) is 0 Å².